The van der Waals surface area contributed by atoms with Crippen LogP contribution in [-0.2, 0) is 19.1 Å². The molecule has 0 saturated heterocycles. The minimum Gasteiger partial charge on any atom is -0.456 e. The molecule has 0 atom stereocenters. The minimum atomic E-state index is -0.652. The van der Waals surface area contributed by atoms with Crippen LogP contribution in [0.15, 0.2) is 48.5 Å². The van der Waals surface area contributed by atoms with Gasteiger partial charge in [-0.1, -0.05) is 18.2 Å². The second kappa shape index (κ2) is 11.2. The summed E-state index contributed by atoms with van der Waals surface area (Å²) in [6, 6.07) is 11.9. The van der Waals surface area contributed by atoms with Gasteiger partial charge in [0.25, 0.3) is 11.6 Å². The molecule has 0 radical (unpaired) electrons. The highest BCUT2D eigenvalue weighted by Gasteiger charge is 2.12. The molecular weight excluding hydrogens is 406 g/mol. The molecule has 0 aliphatic carbocycles. The van der Waals surface area contributed by atoms with Gasteiger partial charge in [-0.15, -0.1) is 0 Å². The van der Waals surface area contributed by atoms with Gasteiger partial charge in [0, 0.05) is 41.9 Å². The van der Waals surface area contributed by atoms with E-state index in [4.69, 9.17) is 4.74 Å². The summed E-state index contributed by atoms with van der Waals surface area (Å²) < 4.78 is 4.84. The quantitative estimate of drug-likeness (QED) is 0.256. The number of esters is 1. The first-order chi connectivity index (χ1) is 14.7. The number of rotatable bonds is 10. The summed E-state index contributed by atoms with van der Waals surface area (Å²) in [4.78, 5) is 57.0. The van der Waals surface area contributed by atoms with E-state index in [1.165, 1.54) is 31.2 Å². The zero-order chi connectivity index (χ0) is 22.8. The van der Waals surface area contributed by atoms with E-state index in [-0.39, 0.29) is 42.3 Å². The van der Waals surface area contributed by atoms with Crippen LogP contribution in [0.1, 0.15) is 36.5 Å². The lowest BCUT2D eigenvalue weighted by Gasteiger charge is -2.07. The maximum absolute atomic E-state index is 12.0. The zero-order valence-electron chi connectivity index (χ0n) is 16.8. The first-order valence-corrected chi connectivity index (χ1v) is 9.35. The standard InChI is InChI=1S/C21H21N3O7/c1-14(25)15-5-2-6-16(11-15)22-19(26)9-4-10-21(28)31-13-20(27)23-17-7-3-8-18(12-17)24(29)30/h2-3,5-8,11-12H,4,9-10,13H2,1H3,(H,22,26)(H,23,27). The van der Waals surface area contributed by atoms with Gasteiger partial charge in [-0.3, -0.25) is 29.3 Å². The van der Waals surface area contributed by atoms with Crippen LogP contribution in [0, 0.1) is 10.1 Å². The van der Waals surface area contributed by atoms with Crippen molar-refractivity contribution in [1.29, 1.82) is 0 Å². The largest absolute Gasteiger partial charge is 0.456 e. The Hall–Kier alpha value is -4.08. The molecule has 2 rings (SSSR count). The van der Waals surface area contributed by atoms with Gasteiger partial charge in [-0.25, -0.2) is 0 Å². The molecule has 2 aromatic rings. The molecule has 10 nitrogen and oxygen atoms in total. The molecule has 0 spiro atoms. The Bertz CT molecular complexity index is 1000. The number of amides is 2. The molecule has 162 valence electrons. The number of ether oxygens (including phenoxy) is 1. The lowest BCUT2D eigenvalue weighted by atomic mass is 10.1. The predicted octanol–water partition coefficient (Wildman–Crippen LogP) is 3.09. The van der Waals surface area contributed by atoms with Crippen molar-refractivity contribution in [2.45, 2.75) is 26.2 Å². The first kappa shape index (κ1) is 23.2. The smallest absolute Gasteiger partial charge is 0.306 e. The van der Waals surface area contributed by atoms with Crippen molar-refractivity contribution in [2.24, 2.45) is 0 Å². The lowest BCUT2D eigenvalue weighted by Crippen LogP contribution is -2.21. The molecule has 0 aliphatic rings. The highest BCUT2D eigenvalue weighted by Crippen LogP contribution is 2.17. The highest BCUT2D eigenvalue weighted by atomic mass is 16.6. The third-order valence-corrected chi connectivity index (χ3v) is 4.04. The molecule has 0 aromatic heterocycles. The molecule has 2 aromatic carbocycles. The summed E-state index contributed by atoms with van der Waals surface area (Å²) in [5.41, 5.74) is 0.990. The average Bonchev–Trinajstić information content (AvgIpc) is 2.72. The van der Waals surface area contributed by atoms with Crippen molar-refractivity contribution in [3.8, 4) is 0 Å². The van der Waals surface area contributed by atoms with E-state index in [0.717, 1.165) is 0 Å². The minimum absolute atomic E-state index is 0.0548. The van der Waals surface area contributed by atoms with E-state index in [2.05, 4.69) is 10.6 Å². The Morgan fingerprint density at radius 3 is 2.26 bits per heavy atom. The number of Topliss-reactive ketones (excluding diaryl/α,β-unsaturated/α-hetero) is 1. The Labute approximate surface area is 177 Å². The Morgan fingerprint density at radius 2 is 1.58 bits per heavy atom. The van der Waals surface area contributed by atoms with Crippen LogP contribution in [0.3, 0.4) is 0 Å². The molecule has 10 heteroatoms. The number of benzene rings is 2. The topological polar surface area (TPSA) is 145 Å². The van der Waals surface area contributed by atoms with Crippen molar-refractivity contribution >= 4 is 40.6 Å². The zero-order valence-corrected chi connectivity index (χ0v) is 16.8. The van der Waals surface area contributed by atoms with Gasteiger partial charge in [0.2, 0.25) is 5.91 Å². The summed E-state index contributed by atoms with van der Waals surface area (Å²) in [5, 5.41) is 15.8. The van der Waals surface area contributed by atoms with Crippen LogP contribution in [0.2, 0.25) is 0 Å². The van der Waals surface area contributed by atoms with Crippen molar-refractivity contribution in [2.75, 3.05) is 17.2 Å². The summed E-state index contributed by atoms with van der Waals surface area (Å²) in [6.07, 6.45) is 0.202. The number of anilines is 2. The number of non-ortho nitro benzene ring substituents is 1. The van der Waals surface area contributed by atoms with Crippen LogP contribution < -0.4 is 10.6 Å². The lowest BCUT2D eigenvalue weighted by molar-refractivity contribution is -0.384. The van der Waals surface area contributed by atoms with Crippen LogP contribution in [0.4, 0.5) is 17.1 Å². The molecule has 0 aliphatic heterocycles. The fraction of sp³-hybridized carbons (Fsp3) is 0.238. The van der Waals surface area contributed by atoms with E-state index in [1.54, 1.807) is 24.3 Å². The normalized spacial score (nSPS) is 10.1. The van der Waals surface area contributed by atoms with Crippen LogP contribution >= 0.6 is 0 Å². The van der Waals surface area contributed by atoms with Gasteiger partial charge in [-0.05, 0) is 31.5 Å². The number of nitro benzene ring substituents is 1. The number of hydrogen-bond acceptors (Lipinski definition) is 7. The Kier molecular flexibility index (Phi) is 8.38. The summed E-state index contributed by atoms with van der Waals surface area (Å²) in [6.45, 7) is 0.877. The van der Waals surface area contributed by atoms with Crippen LogP contribution in [0.5, 0.6) is 0 Å². The molecule has 31 heavy (non-hydrogen) atoms. The van der Waals surface area contributed by atoms with Gasteiger partial charge in [0.05, 0.1) is 4.92 Å². The Morgan fingerprint density at radius 1 is 0.935 bits per heavy atom. The van der Waals surface area contributed by atoms with E-state index in [9.17, 15) is 29.3 Å². The number of nitro groups is 1. The number of nitrogens with zero attached hydrogens (tertiary/aromatic N) is 1. The number of nitrogens with one attached hydrogen (secondary N) is 2. The number of hydrogen-bond donors (Lipinski definition) is 2. The highest BCUT2D eigenvalue weighted by molar-refractivity contribution is 5.97. The molecule has 0 heterocycles. The Balaban J connectivity index is 1.68. The average molecular weight is 427 g/mol. The van der Waals surface area contributed by atoms with Gasteiger partial charge < -0.3 is 15.4 Å². The third kappa shape index (κ3) is 8.05. The second-order valence-electron chi connectivity index (χ2n) is 6.56. The van der Waals surface area contributed by atoms with Gasteiger partial charge >= 0.3 is 5.97 Å². The monoisotopic (exact) mass is 427 g/mol. The first-order valence-electron chi connectivity index (χ1n) is 9.35. The van der Waals surface area contributed by atoms with Crippen molar-refractivity contribution in [3.05, 3.63) is 64.2 Å². The maximum atomic E-state index is 12.0. The maximum Gasteiger partial charge on any atom is 0.306 e. The van der Waals surface area contributed by atoms with Gasteiger partial charge in [-0.2, -0.15) is 0 Å². The predicted molar refractivity (Wildman–Crippen MR) is 112 cm³/mol. The van der Waals surface area contributed by atoms with Gasteiger partial charge in [0.15, 0.2) is 12.4 Å². The summed E-state index contributed by atoms with van der Waals surface area (Å²) in [5.74, 6) is -1.73. The molecule has 0 fully saturated rings. The summed E-state index contributed by atoms with van der Waals surface area (Å²) in [7, 11) is 0. The molecular formula is C21H21N3O7. The van der Waals surface area contributed by atoms with E-state index in [1.807, 2.05) is 0 Å². The van der Waals surface area contributed by atoms with Gasteiger partial charge in [0.1, 0.15) is 0 Å². The fourth-order valence-electron chi connectivity index (χ4n) is 2.55. The molecule has 0 saturated carbocycles. The van der Waals surface area contributed by atoms with E-state index in [0.29, 0.717) is 11.3 Å². The number of carbonyl (C=O) groups excluding carboxylic acids is 4. The van der Waals surface area contributed by atoms with Crippen molar-refractivity contribution < 1.29 is 28.8 Å². The van der Waals surface area contributed by atoms with Crippen LogP contribution in [0.25, 0.3) is 0 Å². The van der Waals surface area contributed by atoms with E-state index < -0.39 is 23.4 Å². The van der Waals surface area contributed by atoms with E-state index >= 15 is 0 Å². The number of carbonyl (C=O) groups is 4. The number of ketones is 1. The molecule has 0 unspecified atom stereocenters. The summed E-state index contributed by atoms with van der Waals surface area (Å²) >= 11 is 0. The molecule has 2 N–H and O–H groups in total. The van der Waals surface area contributed by atoms with Crippen molar-refractivity contribution in [3.63, 3.8) is 0 Å². The fourth-order valence-corrected chi connectivity index (χ4v) is 2.55. The molecule has 2 amide bonds. The SMILES string of the molecule is CC(=O)c1cccc(NC(=O)CCCC(=O)OCC(=O)Nc2cccc([N+](=O)[O-])c2)c1. The second-order valence-corrected chi connectivity index (χ2v) is 6.56. The van der Waals surface area contributed by atoms with Crippen LogP contribution in [-0.4, -0.2) is 35.1 Å². The molecule has 0 bridgehead atoms. The van der Waals surface area contributed by atoms with Crippen molar-refractivity contribution in [1.82, 2.24) is 0 Å². The third-order valence-electron chi connectivity index (χ3n) is 4.04.